The van der Waals surface area contributed by atoms with E-state index in [4.69, 9.17) is 5.11 Å². The van der Waals surface area contributed by atoms with Crippen LogP contribution in [0.5, 0.6) is 0 Å². The molecule has 0 aliphatic carbocycles. The monoisotopic (exact) mass is 334 g/mol. The van der Waals surface area contributed by atoms with E-state index in [1.807, 2.05) is 0 Å². The van der Waals surface area contributed by atoms with Crippen molar-refractivity contribution in [2.75, 3.05) is 19.0 Å². The molecule has 0 saturated heterocycles. The third-order valence-corrected chi connectivity index (χ3v) is 2.61. The standard InChI is InChI=1S/C11H12BrFN2O4/c1-19-5-9(10(16)17)15-11(18)14-8-3-2-6(12)4-7(8)13/h2-4,9H,5H2,1H3,(H,16,17)(H2,14,15,18). The lowest BCUT2D eigenvalue weighted by molar-refractivity contribution is -0.140. The van der Waals surface area contributed by atoms with Gasteiger partial charge in [0.2, 0.25) is 0 Å². The van der Waals surface area contributed by atoms with Crippen molar-refractivity contribution in [1.29, 1.82) is 0 Å². The van der Waals surface area contributed by atoms with Crippen LogP contribution in [0.3, 0.4) is 0 Å². The third kappa shape index (κ3) is 4.84. The van der Waals surface area contributed by atoms with Crippen LogP contribution in [-0.4, -0.2) is 36.9 Å². The number of methoxy groups -OCH3 is 1. The van der Waals surface area contributed by atoms with E-state index >= 15 is 0 Å². The van der Waals surface area contributed by atoms with E-state index in [0.717, 1.165) is 0 Å². The second kappa shape index (κ2) is 7.05. The van der Waals surface area contributed by atoms with Crippen LogP contribution < -0.4 is 10.6 Å². The van der Waals surface area contributed by atoms with Crippen LogP contribution in [0.2, 0.25) is 0 Å². The largest absolute Gasteiger partial charge is 0.480 e. The van der Waals surface area contributed by atoms with Crippen molar-refractivity contribution >= 4 is 33.6 Å². The second-order valence-corrected chi connectivity index (χ2v) is 4.48. The maximum Gasteiger partial charge on any atom is 0.328 e. The summed E-state index contributed by atoms with van der Waals surface area (Å²) >= 11 is 3.08. The number of rotatable bonds is 5. The molecule has 0 aliphatic heterocycles. The Morgan fingerprint density at radius 1 is 1.53 bits per heavy atom. The number of carboxylic acid groups (broad SMARTS) is 1. The lowest BCUT2D eigenvalue weighted by Gasteiger charge is -2.14. The summed E-state index contributed by atoms with van der Waals surface area (Å²) in [5, 5.41) is 13.2. The molecule has 19 heavy (non-hydrogen) atoms. The first-order chi connectivity index (χ1) is 8.93. The first kappa shape index (κ1) is 15.4. The number of amides is 2. The Labute approximate surface area is 117 Å². The zero-order valence-corrected chi connectivity index (χ0v) is 11.5. The second-order valence-electron chi connectivity index (χ2n) is 3.57. The van der Waals surface area contributed by atoms with Gasteiger partial charge in [0.15, 0.2) is 6.04 Å². The molecule has 8 heteroatoms. The quantitative estimate of drug-likeness (QED) is 0.766. The number of anilines is 1. The molecular formula is C11H12BrFN2O4. The highest BCUT2D eigenvalue weighted by Crippen LogP contribution is 2.19. The fourth-order valence-corrected chi connectivity index (χ4v) is 1.58. The number of hydrogen-bond donors (Lipinski definition) is 3. The van der Waals surface area contributed by atoms with Gasteiger partial charge in [0.1, 0.15) is 5.82 Å². The minimum Gasteiger partial charge on any atom is -0.480 e. The first-order valence-electron chi connectivity index (χ1n) is 5.18. The number of carbonyl (C=O) groups excluding carboxylic acids is 1. The maximum atomic E-state index is 13.4. The SMILES string of the molecule is COCC(NC(=O)Nc1ccc(Br)cc1F)C(=O)O. The van der Waals surface area contributed by atoms with E-state index in [0.29, 0.717) is 4.47 Å². The molecule has 0 radical (unpaired) electrons. The van der Waals surface area contributed by atoms with Crippen LogP contribution >= 0.6 is 15.9 Å². The van der Waals surface area contributed by atoms with Gasteiger partial charge in [-0.2, -0.15) is 0 Å². The minimum atomic E-state index is -1.24. The van der Waals surface area contributed by atoms with Gasteiger partial charge in [0.05, 0.1) is 12.3 Å². The van der Waals surface area contributed by atoms with Crippen LogP contribution in [0.4, 0.5) is 14.9 Å². The van der Waals surface area contributed by atoms with Crippen molar-refractivity contribution in [3.05, 3.63) is 28.5 Å². The molecule has 0 bridgehead atoms. The van der Waals surface area contributed by atoms with E-state index in [1.54, 1.807) is 6.07 Å². The Bertz CT molecular complexity index is 484. The molecule has 0 heterocycles. The Morgan fingerprint density at radius 2 is 2.21 bits per heavy atom. The van der Waals surface area contributed by atoms with Crippen molar-refractivity contribution < 1.29 is 23.8 Å². The number of ether oxygens (including phenoxy) is 1. The highest BCUT2D eigenvalue weighted by Gasteiger charge is 2.20. The average molecular weight is 335 g/mol. The van der Waals surface area contributed by atoms with E-state index in [1.165, 1.54) is 19.2 Å². The number of carboxylic acids is 1. The van der Waals surface area contributed by atoms with Crippen molar-refractivity contribution in [3.63, 3.8) is 0 Å². The maximum absolute atomic E-state index is 13.4. The van der Waals surface area contributed by atoms with Crippen molar-refractivity contribution in [2.24, 2.45) is 0 Å². The van der Waals surface area contributed by atoms with Gasteiger partial charge < -0.3 is 20.5 Å². The van der Waals surface area contributed by atoms with E-state index in [2.05, 4.69) is 31.3 Å². The van der Waals surface area contributed by atoms with E-state index in [9.17, 15) is 14.0 Å². The zero-order chi connectivity index (χ0) is 14.4. The summed E-state index contributed by atoms with van der Waals surface area (Å²) < 4.78 is 18.6. The highest BCUT2D eigenvalue weighted by atomic mass is 79.9. The normalized spacial score (nSPS) is 11.7. The van der Waals surface area contributed by atoms with Gasteiger partial charge in [-0.05, 0) is 18.2 Å². The summed E-state index contributed by atoms with van der Waals surface area (Å²) in [5.74, 6) is -1.88. The number of benzene rings is 1. The molecule has 0 fully saturated rings. The molecule has 1 atom stereocenters. The molecule has 0 saturated carbocycles. The lowest BCUT2D eigenvalue weighted by Crippen LogP contribution is -2.45. The summed E-state index contributed by atoms with van der Waals surface area (Å²) in [5.41, 5.74) is -0.0535. The number of carbonyl (C=O) groups is 2. The van der Waals surface area contributed by atoms with Gasteiger partial charge in [-0.3, -0.25) is 0 Å². The van der Waals surface area contributed by atoms with Gasteiger partial charge in [0.25, 0.3) is 0 Å². The summed E-state index contributed by atoms with van der Waals surface area (Å²) in [6, 6.07) is 2.04. The molecule has 0 aliphatic rings. The Hall–Kier alpha value is -1.67. The summed E-state index contributed by atoms with van der Waals surface area (Å²) in [6.45, 7) is -0.189. The molecular weight excluding hydrogens is 323 g/mol. The van der Waals surface area contributed by atoms with E-state index < -0.39 is 23.9 Å². The van der Waals surface area contributed by atoms with Gasteiger partial charge in [-0.1, -0.05) is 15.9 Å². The molecule has 1 rings (SSSR count). The Morgan fingerprint density at radius 3 is 2.74 bits per heavy atom. The molecule has 2 amide bonds. The third-order valence-electron chi connectivity index (χ3n) is 2.12. The van der Waals surface area contributed by atoms with Crippen LogP contribution in [0.15, 0.2) is 22.7 Å². The average Bonchev–Trinajstić information content (AvgIpc) is 2.32. The fourth-order valence-electron chi connectivity index (χ4n) is 1.25. The fraction of sp³-hybridized carbons (Fsp3) is 0.273. The summed E-state index contributed by atoms with van der Waals surface area (Å²) in [4.78, 5) is 22.3. The molecule has 1 aromatic rings. The van der Waals surface area contributed by atoms with Crippen LogP contribution in [-0.2, 0) is 9.53 Å². The number of nitrogens with one attached hydrogen (secondary N) is 2. The lowest BCUT2D eigenvalue weighted by atomic mass is 10.3. The summed E-state index contributed by atoms with van der Waals surface area (Å²) in [7, 11) is 1.31. The van der Waals surface area contributed by atoms with Gasteiger partial charge in [-0.25, -0.2) is 14.0 Å². The smallest absolute Gasteiger partial charge is 0.328 e. The molecule has 3 N–H and O–H groups in total. The van der Waals surface area contributed by atoms with Gasteiger partial charge >= 0.3 is 12.0 Å². The van der Waals surface area contributed by atoms with E-state index in [-0.39, 0.29) is 12.3 Å². The highest BCUT2D eigenvalue weighted by molar-refractivity contribution is 9.10. The molecule has 1 unspecified atom stereocenters. The molecule has 104 valence electrons. The minimum absolute atomic E-state index is 0.0535. The first-order valence-corrected chi connectivity index (χ1v) is 5.97. The predicted molar refractivity (Wildman–Crippen MR) is 69.6 cm³/mol. The molecule has 6 nitrogen and oxygen atoms in total. The van der Waals surface area contributed by atoms with Crippen LogP contribution in [0.1, 0.15) is 0 Å². The number of urea groups is 1. The van der Waals surface area contributed by atoms with Gasteiger partial charge in [0, 0.05) is 11.6 Å². The van der Waals surface area contributed by atoms with Gasteiger partial charge in [-0.15, -0.1) is 0 Å². The molecule has 0 aromatic heterocycles. The Balaban J connectivity index is 2.66. The number of aliphatic carboxylic acids is 1. The summed E-state index contributed by atoms with van der Waals surface area (Å²) in [6.07, 6.45) is 0. The Kier molecular flexibility index (Phi) is 5.71. The number of hydrogen-bond acceptors (Lipinski definition) is 3. The predicted octanol–water partition coefficient (Wildman–Crippen LogP) is 1.81. The van der Waals surface area contributed by atoms with Crippen LogP contribution in [0, 0.1) is 5.82 Å². The zero-order valence-electron chi connectivity index (χ0n) is 9.94. The van der Waals surface area contributed by atoms with Crippen molar-refractivity contribution in [3.8, 4) is 0 Å². The van der Waals surface area contributed by atoms with Crippen molar-refractivity contribution in [1.82, 2.24) is 5.32 Å². The topological polar surface area (TPSA) is 87.7 Å². The van der Waals surface area contributed by atoms with Crippen LogP contribution in [0.25, 0.3) is 0 Å². The molecule has 0 spiro atoms. The number of halogens is 2. The molecule has 1 aromatic carbocycles. The van der Waals surface area contributed by atoms with Crippen molar-refractivity contribution in [2.45, 2.75) is 6.04 Å².